The van der Waals surface area contributed by atoms with Crippen molar-refractivity contribution in [3.05, 3.63) is 120 Å². The van der Waals surface area contributed by atoms with Crippen LogP contribution >= 0.6 is 0 Å². The van der Waals surface area contributed by atoms with E-state index in [1.807, 2.05) is 30.3 Å². The Kier molecular flexibility index (Phi) is 13.6. The Morgan fingerprint density at radius 3 is 1.49 bits per heavy atom. The Bertz CT molecular complexity index is 2530. The fraction of sp³-hybridized carbons (Fsp3) is 0.360. The van der Waals surface area contributed by atoms with Crippen LogP contribution in [-0.4, -0.2) is 82.0 Å². The van der Waals surface area contributed by atoms with Crippen LogP contribution in [-0.2, 0) is 28.7 Å². The number of benzene rings is 4. The molecule has 7 rings (SSSR count). The number of carbonyl (C=O) groups excluding carboxylic acids is 6. The van der Waals surface area contributed by atoms with Crippen molar-refractivity contribution in [2.75, 3.05) is 23.7 Å². The van der Waals surface area contributed by atoms with Crippen molar-refractivity contribution < 1.29 is 42.7 Å². The van der Waals surface area contributed by atoms with Gasteiger partial charge in [0.1, 0.15) is 46.7 Å². The van der Waals surface area contributed by atoms with Crippen molar-refractivity contribution >= 4 is 58.2 Å². The van der Waals surface area contributed by atoms with E-state index in [9.17, 15) is 28.8 Å². The van der Waals surface area contributed by atoms with E-state index in [1.54, 1.807) is 120 Å². The predicted octanol–water partition coefficient (Wildman–Crippen LogP) is 8.49. The first-order valence-corrected chi connectivity index (χ1v) is 21.9. The van der Waals surface area contributed by atoms with Crippen molar-refractivity contribution in [2.24, 2.45) is 0 Å². The molecule has 0 aliphatic carbocycles. The summed E-state index contributed by atoms with van der Waals surface area (Å²) >= 11 is 0. The first kappa shape index (κ1) is 45.9. The standard InChI is InChI=1S/C50H56N6O9/c1-49(2,3)64-47(61)53-41(32-15-9-7-10-16-32)45(59)55-27-13-19-37(55)43(57)51-35-23-21-31(22-24-35)40-30-34-29-36(25-26-39(34)63-40)52-44(58)38-20-14-28-56(38)46(60)42(33-17-11-8-12-18-33)54-48(62)65-50(4,5)6/h7-12,15-18,21-26,29-30,37-38,41-42H,13-14,19-20,27-28H2,1-6H3,(H,51,57)(H,52,58)(H,53,61)(H,54,62)/t37-,38-,41+,42+/m0/s1. The molecule has 6 amide bonds. The van der Waals surface area contributed by atoms with E-state index in [0.717, 1.165) is 10.9 Å². The molecule has 0 unspecified atom stereocenters. The number of likely N-dealkylation sites (tertiary alicyclic amines) is 2. The molecule has 3 heterocycles. The number of furan rings is 1. The minimum Gasteiger partial charge on any atom is -0.456 e. The molecule has 0 bridgehead atoms. The van der Waals surface area contributed by atoms with Gasteiger partial charge >= 0.3 is 12.2 Å². The third-order valence-corrected chi connectivity index (χ3v) is 11.0. The van der Waals surface area contributed by atoms with Gasteiger partial charge in [-0.15, -0.1) is 0 Å². The maximum Gasteiger partial charge on any atom is 0.408 e. The van der Waals surface area contributed by atoms with E-state index in [1.165, 1.54) is 9.80 Å². The number of rotatable bonds is 11. The molecule has 65 heavy (non-hydrogen) atoms. The molecule has 4 N–H and O–H groups in total. The number of hydrogen-bond donors (Lipinski definition) is 4. The smallest absolute Gasteiger partial charge is 0.408 e. The maximum absolute atomic E-state index is 14.0. The molecule has 4 atom stereocenters. The lowest BCUT2D eigenvalue weighted by Gasteiger charge is -2.29. The third-order valence-electron chi connectivity index (χ3n) is 11.0. The van der Waals surface area contributed by atoms with Crippen LogP contribution in [0, 0.1) is 0 Å². The quantitative estimate of drug-likeness (QED) is 0.101. The summed E-state index contributed by atoms with van der Waals surface area (Å²) in [5, 5.41) is 12.1. The van der Waals surface area contributed by atoms with Gasteiger partial charge in [0.25, 0.3) is 11.8 Å². The lowest BCUT2D eigenvalue weighted by atomic mass is 10.0. The highest BCUT2D eigenvalue weighted by Crippen LogP contribution is 2.32. The fourth-order valence-electron chi connectivity index (χ4n) is 8.09. The number of carbonyl (C=O) groups is 6. The van der Waals surface area contributed by atoms with Gasteiger partial charge in [0.15, 0.2) is 0 Å². The highest BCUT2D eigenvalue weighted by atomic mass is 16.6. The van der Waals surface area contributed by atoms with Crippen LogP contribution in [0.1, 0.15) is 90.4 Å². The number of amides is 6. The Labute approximate surface area is 378 Å². The van der Waals surface area contributed by atoms with Crippen LogP contribution in [0.3, 0.4) is 0 Å². The Morgan fingerprint density at radius 1 is 0.585 bits per heavy atom. The molecule has 0 radical (unpaired) electrons. The molecule has 4 aromatic carbocycles. The topological polar surface area (TPSA) is 189 Å². The summed E-state index contributed by atoms with van der Waals surface area (Å²) in [5.41, 5.74) is 2.00. The normalized spacial score (nSPS) is 17.2. The van der Waals surface area contributed by atoms with Crippen molar-refractivity contribution in [3.8, 4) is 11.3 Å². The predicted molar refractivity (Wildman–Crippen MR) is 245 cm³/mol. The molecule has 15 heteroatoms. The summed E-state index contributed by atoms with van der Waals surface area (Å²) in [6.07, 6.45) is 0.693. The van der Waals surface area contributed by atoms with E-state index < -0.39 is 59.4 Å². The van der Waals surface area contributed by atoms with Gasteiger partial charge in [-0.05, 0) is 127 Å². The molecule has 2 fully saturated rings. The molecule has 1 aromatic heterocycles. The molecular weight excluding hydrogens is 829 g/mol. The molecule has 0 spiro atoms. The number of hydrogen-bond acceptors (Lipinski definition) is 9. The van der Waals surface area contributed by atoms with E-state index in [0.29, 0.717) is 72.6 Å². The number of ether oxygens (including phenoxy) is 2. The van der Waals surface area contributed by atoms with Gasteiger partial charge in [-0.25, -0.2) is 9.59 Å². The van der Waals surface area contributed by atoms with Gasteiger partial charge < -0.3 is 45.0 Å². The van der Waals surface area contributed by atoms with Crippen LogP contribution in [0.25, 0.3) is 22.3 Å². The summed E-state index contributed by atoms with van der Waals surface area (Å²) in [6, 6.07) is 28.4. The SMILES string of the molecule is CC(C)(C)OC(=O)N[C@@H](C(=O)N1CCC[C@H]1C(=O)Nc1ccc(-c2cc3cc(NC(=O)[C@@H]4CCCN4C(=O)[C@H](NC(=O)OC(C)(C)C)c4ccccc4)ccc3o2)cc1)c1ccccc1. The molecule has 15 nitrogen and oxygen atoms in total. The lowest BCUT2D eigenvalue weighted by molar-refractivity contribution is -0.138. The van der Waals surface area contributed by atoms with Gasteiger partial charge in [-0.3, -0.25) is 19.2 Å². The first-order valence-electron chi connectivity index (χ1n) is 21.9. The zero-order valence-electron chi connectivity index (χ0n) is 37.5. The zero-order chi connectivity index (χ0) is 46.5. The highest BCUT2D eigenvalue weighted by molar-refractivity contribution is 6.01. The molecule has 2 saturated heterocycles. The average Bonchev–Trinajstić information content (AvgIpc) is 4.05. The number of anilines is 2. The molecule has 0 saturated carbocycles. The van der Waals surface area contributed by atoms with Crippen LogP contribution in [0.4, 0.5) is 21.0 Å². The monoisotopic (exact) mass is 884 g/mol. The largest absolute Gasteiger partial charge is 0.456 e. The second kappa shape index (κ2) is 19.3. The Balaban J connectivity index is 0.988. The van der Waals surface area contributed by atoms with Crippen molar-refractivity contribution in [1.82, 2.24) is 20.4 Å². The molecule has 2 aliphatic rings. The molecule has 340 valence electrons. The summed E-state index contributed by atoms with van der Waals surface area (Å²) in [5.74, 6) is -0.934. The summed E-state index contributed by atoms with van der Waals surface area (Å²) in [4.78, 5) is 84.1. The summed E-state index contributed by atoms with van der Waals surface area (Å²) in [7, 11) is 0. The first-order chi connectivity index (χ1) is 30.9. The highest BCUT2D eigenvalue weighted by Gasteiger charge is 2.40. The van der Waals surface area contributed by atoms with E-state index in [2.05, 4.69) is 21.3 Å². The van der Waals surface area contributed by atoms with Gasteiger partial charge in [0, 0.05) is 35.4 Å². The summed E-state index contributed by atoms with van der Waals surface area (Å²) < 4.78 is 17.1. The second-order valence-electron chi connectivity index (χ2n) is 18.3. The van der Waals surface area contributed by atoms with Crippen molar-refractivity contribution in [3.63, 3.8) is 0 Å². The van der Waals surface area contributed by atoms with E-state index >= 15 is 0 Å². The third kappa shape index (κ3) is 11.5. The molecule has 5 aromatic rings. The van der Waals surface area contributed by atoms with E-state index in [-0.39, 0.29) is 11.8 Å². The molecule has 2 aliphatic heterocycles. The molecular formula is C50H56N6O9. The van der Waals surface area contributed by atoms with Gasteiger partial charge in [-0.1, -0.05) is 60.7 Å². The minimum absolute atomic E-state index is 0.343. The maximum atomic E-state index is 14.0. The number of nitrogens with one attached hydrogen (secondary N) is 4. The van der Waals surface area contributed by atoms with Crippen LogP contribution in [0.5, 0.6) is 0 Å². The van der Waals surface area contributed by atoms with Crippen molar-refractivity contribution in [1.29, 1.82) is 0 Å². The van der Waals surface area contributed by atoms with Gasteiger partial charge in [0.2, 0.25) is 11.8 Å². The second-order valence-corrected chi connectivity index (χ2v) is 18.3. The van der Waals surface area contributed by atoms with E-state index in [4.69, 9.17) is 13.9 Å². The van der Waals surface area contributed by atoms with Crippen LogP contribution < -0.4 is 21.3 Å². The zero-order valence-corrected chi connectivity index (χ0v) is 37.5. The number of fused-ring (bicyclic) bond motifs is 1. The minimum atomic E-state index is -1.05. The number of alkyl carbamates (subject to hydrolysis) is 2. The van der Waals surface area contributed by atoms with Gasteiger partial charge in [0.05, 0.1) is 0 Å². The lowest BCUT2D eigenvalue weighted by Crippen LogP contribution is -2.49. The number of nitrogens with zero attached hydrogens (tertiary/aromatic N) is 2. The average molecular weight is 885 g/mol. The van der Waals surface area contributed by atoms with Crippen LogP contribution in [0.15, 0.2) is 114 Å². The van der Waals surface area contributed by atoms with Gasteiger partial charge in [-0.2, -0.15) is 0 Å². The Morgan fingerprint density at radius 2 is 1.03 bits per heavy atom. The van der Waals surface area contributed by atoms with Crippen LogP contribution in [0.2, 0.25) is 0 Å². The van der Waals surface area contributed by atoms with Crippen molar-refractivity contribution in [2.45, 2.75) is 103 Å². The fourth-order valence-corrected chi connectivity index (χ4v) is 8.09. The summed E-state index contributed by atoms with van der Waals surface area (Å²) in [6.45, 7) is 11.2. The Hall–Kier alpha value is -7.16.